The van der Waals surface area contributed by atoms with Crippen LogP contribution in [-0.4, -0.2) is 37.2 Å². The Balaban J connectivity index is 1.27. The van der Waals surface area contributed by atoms with Gasteiger partial charge in [0, 0.05) is 46.5 Å². The quantitative estimate of drug-likeness (QED) is 0.513. The lowest BCUT2D eigenvalue weighted by molar-refractivity contribution is -0.336. The van der Waals surface area contributed by atoms with Crippen LogP contribution in [-0.2, 0) is 10.2 Å². The fraction of sp³-hybridized carbons (Fsp3) is 0.615. The molecule has 5 fully saturated rings. The van der Waals surface area contributed by atoms with Gasteiger partial charge in [0.25, 0.3) is 5.56 Å². The van der Waals surface area contributed by atoms with Gasteiger partial charge in [0.2, 0.25) is 0 Å². The highest BCUT2D eigenvalue weighted by molar-refractivity contribution is 5.57. The van der Waals surface area contributed by atoms with Crippen molar-refractivity contribution < 1.29 is 17.9 Å². The maximum absolute atomic E-state index is 13.6. The van der Waals surface area contributed by atoms with Gasteiger partial charge in [-0.3, -0.25) is 9.48 Å². The first kappa shape index (κ1) is 22.4. The average Bonchev–Trinajstić information content (AvgIpc) is 3.51. The molecule has 36 heavy (non-hydrogen) atoms. The van der Waals surface area contributed by atoms with Gasteiger partial charge in [-0.15, -0.1) is 0 Å². The van der Waals surface area contributed by atoms with Gasteiger partial charge < -0.3 is 4.74 Å². The molecular weight excluding hydrogens is 471 g/mol. The Morgan fingerprint density at radius 3 is 2.58 bits per heavy atom. The summed E-state index contributed by atoms with van der Waals surface area (Å²) >= 11 is 0. The fourth-order valence-corrected chi connectivity index (χ4v) is 6.64. The van der Waals surface area contributed by atoms with Gasteiger partial charge in [-0.25, -0.2) is 4.98 Å². The zero-order chi connectivity index (χ0) is 25.0. The van der Waals surface area contributed by atoms with Gasteiger partial charge in [-0.05, 0) is 64.9 Å². The van der Waals surface area contributed by atoms with Crippen LogP contribution in [0.5, 0.6) is 0 Å². The summed E-state index contributed by atoms with van der Waals surface area (Å²) < 4.78 is 50.3. The minimum absolute atomic E-state index is 0.0219. The predicted molar refractivity (Wildman–Crippen MR) is 124 cm³/mol. The highest BCUT2D eigenvalue weighted by Crippen LogP contribution is 2.78. The third-order valence-corrected chi connectivity index (χ3v) is 9.10. The van der Waals surface area contributed by atoms with Crippen LogP contribution in [0.2, 0.25) is 0 Å². The first-order valence-corrected chi connectivity index (χ1v) is 12.7. The molecule has 10 heteroatoms. The molecule has 4 heterocycles. The summed E-state index contributed by atoms with van der Waals surface area (Å²) in [5, 5.41) is 9.22. The SMILES string of the molecule is Cc1nc2c(C34CC(C(F)(F)F)(C3)C4)cc([C@@H]3CCO[C@@H](c4cnn(C5CC5)c4)C3)nn2c(=O)c1C. The molecule has 4 aliphatic carbocycles. The van der Waals surface area contributed by atoms with Crippen LogP contribution < -0.4 is 5.56 Å². The normalized spacial score (nSPS) is 31.8. The van der Waals surface area contributed by atoms with Crippen LogP contribution in [0.3, 0.4) is 0 Å². The monoisotopic (exact) mass is 499 g/mol. The molecule has 0 N–H and O–H groups in total. The number of fused-ring (bicyclic) bond motifs is 1. The van der Waals surface area contributed by atoms with Crippen molar-refractivity contribution in [2.24, 2.45) is 5.41 Å². The van der Waals surface area contributed by atoms with Crippen LogP contribution in [0.15, 0.2) is 23.3 Å². The van der Waals surface area contributed by atoms with Crippen LogP contribution in [0, 0.1) is 19.3 Å². The maximum Gasteiger partial charge on any atom is 0.394 e. The first-order valence-electron chi connectivity index (χ1n) is 12.7. The van der Waals surface area contributed by atoms with E-state index in [1.54, 1.807) is 13.8 Å². The van der Waals surface area contributed by atoms with Crippen molar-refractivity contribution in [1.29, 1.82) is 0 Å². The summed E-state index contributed by atoms with van der Waals surface area (Å²) in [5.41, 5.74) is 1.57. The molecule has 8 rings (SSSR count). The molecule has 5 aliphatic rings. The maximum atomic E-state index is 13.6. The molecule has 7 nitrogen and oxygen atoms in total. The smallest absolute Gasteiger partial charge is 0.373 e. The van der Waals surface area contributed by atoms with E-state index in [-0.39, 0.29) is 36.8 Å². The summed E-state index contributed by atoms with van der Waals surface area (Å²) in [6, 6.07) is 2.43. The summed E-state index contributed by atoms with van der Waals surface area (Å²) in [7, 11) is 0. The van der Waals surface area contributed by atoms with Crippen LogP contribution in [0.25, 0.3) is 5.65 Å². The van der Waals surface area contributed by atoms with E-state index >= 15 is 0 Å². The molecule has 3 aromatic heterocycles. The van der Waals surface area contributed by atoms with E-state index < -0.39 is 17.0 Å². The molecule has 2 bridgehead atoms. The summed E-state index contributed by atoms with van der Waals surface area (Å²) in [4.78, 5) is 17.9. The standard InChI is InChI=1S/C26H28F3N5O2/c1-14-15(2)31-22-19(24-11-25(12-24,13-24)26(27,28)29)8-20(32-34(22)23(14)35)16-5-6-36-21(7-16)17-9-30-33(10-17)18-3-4-18/h8-10,16,18,21H,3-7,11-13H2,1-2H3/t16-,21-,24?,25?/m1/s1. The Morgan fingerprint density at radius 1 is 1.14 bits per heavy atom. The Labute approximate surface area is 205 Å². The van der Waals surface area contributed by atoms with Gasteiger partial charge in [0.1, 0.15) is 0 Å². The molecule has 1 aliphatic heterocycles. The molecule has 3 aromatic rings. The average molecular weight is 500 g/mol. The first-order chi connectivity index (χ1) is 17.1. The molecule has 0 unspecified atom stereocenters. The lowest BCUT2D eigenvalue weighted by Crippen LogP contribution is -2.70. The minimum atomic E-state index is -4.20. The van der Waals surface area contributed by atoms with Gasteiger partial charge >= 0.3 is 6.18 Å². The zero-order valence-corrected chi connectivity index (χ0v) is 20.3. The Morgan fingerprint density at radius 2 is 1.89 bits per heavy atom. The van der Waals surface area contributed by atoms with Crippen molar-refractivity contribution in [2.75, 3.05) is 6.61 Å². The van der Waals surface area contributed by atoms with E-state index in [2.05, 4.69) is 16.3 Å². The number of aryl methyl sites for hydroxylation is 1. The zero-order valence-electron chi connectivity index (χ0n) is 20.3. The van der Waals surface area contributed by atoms with Crippen molar-refractivity contribution in [2.45, 2.75) is 88.4 Å². The number of halogens is 3. The van der Waals surface area contributed by atoms with Crippen molar-refractivity contribution in [3.05, 3.63) is 56.9 Å². The second-order valence-electron chi connectivity index (χ2n) is 11.5. The topological polar surface area (TPSA) is 74.3 Å². The molecule has 190 valence electrons. The Kier molecular flexibility index (Phi) is 4.47. The van der Waals surface area contributed by atoms with E-state index in [0.29, 0.717) is 36.0 Å². The van der Waals surface area contributed by atoms with Gasteiger partial charge in [0.05, 0.1) is 29.5 Å². The summed E-state index contributed by atoms with van der Waals surface area (Å²) in [6.07, 6.45) is 3.49. The van der Waals surface area contributed by atoms with Crippen LogP contribution in [0.1, 0.15) is 91.1 Å². The molecule has 2 atom stereocenters. The van der Waals surface area contributed by atoms with Crippen molar-refractivity contribution in [3.8, 4) is 0 Å². The molecular formula is C26H28F3N5O2. The Bertz CT molecular complexity index is 1430. The number of nitrogens with zero attached hydrogens (tertiary/aromatic N) is 5. The van der Waals surface area contributed by atoms with E-state index in [9.17, 15) is 18.0 Å². The van der Waals surface area contributed by atoms with E-state index in [1.807, 2.05) is 16.9 Å². The minimum Gasteiger partial charge on any atom is -0.373 e. The van der Waals surface area contributed by atoms with Crippen LogP contribution in [0.4, 0.5) is 13.2 Å². The summed E-state index contributed by atoms with van der Waals surface area (Å²) in [5.74, 6) is 0.0219. The number of aromatic nitrogens is 5. The van der Waals surface area contributed by atoms with Gasteiger partial charge in [-0.2, -0.15) is 27.9 Å². The van der Waals surface area contributed by atoms with Crippen molar-refractivity contribution >= 4 is 5.65 Å². The van der Waals surface area contributed by atoms with E-state index in [1.165, 1.54) is 4.52 Å². The highest BCUT2D eigenvalue weighted by atomic mass is 19.4. The second kappa shape index (κ2) is 7.18. The van der Waals surface area contributed by atoms with E-state index in [4.69, 9.17) is 9.84 Å². The fourth-order valence-electron chi connectivity index (χ4n) is 6.64. The molecule has 4 saturated carbocycles. The lowest BCUT2D eigenvalue weighted by Gasteiger charge is -2.70. The number of hydrogen-bond donors (Lipinski definition) is 0. The largest absolute Gasteiger partial charge is 0.394 e. The molecule has 0 radical (unpaired) electrons. The molecule has 0 amide bonds. The number of hydrogen-bond acceptors (Lipinski definition) is 5. The second-order valence-corrected chi connectivity index (χ2v) is 11.5. The number of rotatable bonds is 4. The molecule has 0 aromatic carbocycles. The van der Waals surface area contributed by atoms with E-state index in [0.717, 1.165) is 36.1 Å². The van der Waals surface area contributed by atoms with Crippen molar-refractivity contribution in [1.82, 2.24) is 24.4 Å². The number of alkyl halides is 3. The predicted octanol–water partition coefficient (Wildman–Crippen LogP) is 4.86. The molecule has 0 spiro atoms. The summed E-state index contributed by atoms with van der Waals surface area (Å²) in [6.45, 7) is 4.02. The van der Waals surface area contributed by atoms with Crippen LogP contribution >= 0.6 is 0 Å². The third-order valence-electron chi connectivity index (χ3n) is 9.10. The third kappa shape index (κ3) is 3.09. The van der Waals surface area contributed by atoms with Crippen molar-refractivity contribution in [3.63, 3.8) is 0 Å². The lowest BCUT2D eigenvalue weighted by atomic mass is 9.33. The number of ether oxygens (including phenoxy) is 1. The Hall–Kier alpha value is -2.75. The highest BCUT2D eigenvalue weighted by Gasteiger charge is 2.79. The molecule has 1 saturated heterocycles. The van der Waals surface area contributed by atoms with Gasteiger partial charge in [-0.1, -0.05) is 0 Å². The van der Waals surface area contributed by atoms with Gasteiger partial charge in [0.15, 0.2) is 5.65 Å².